The van der Waals surface area contributed by atoms with Gasteiger partial charge in [0.25, 0.3) is 5.91 Å². The SMILES string of the molecule is CC(=O)NCc1ccc(C(=O)N2CCC[C@@H](n3cncn3)C2)cc1. The van der Waals surface area contributed by atoms with Gasteiger partial charge in [-0.15, -0.1) is 0 Å². The van der Waals surface area contributed by atoms with E-state index in [1.807, 2.05) is 33.8 Å². The Balaban J connectivity index is 1.64. The molecule has 1 aromatic heterocycles. The van der Waals surface area contributed by atoms with E-state index in [1.165, 1.54) is 13.3 Å². The maximum atomic E-state index is 12.7. The molecule has 0 aliphatic carbocycles. The highest BCUT2D eigenvalue weighted by molar-refractivity contribution is 5.94. The molecule has 126 valence electrons. The third-order valence-electron chi connectivity index (χ3n) is 4.24. The number of hydrogen-bond acceptors (Lipinski definition) is 4. The van der Waals surface area contributed by atoms with Crippen LogP contribution in [0.4, 0.5) is 0 Å². The molecule has 2 aromatic rings. The Bertz CT molecular complexity index is 696. The fraction of sp³-hybridized carbons (Fsp3) is 0.412. The molecule has 2 heterocycles. The minimum atomic E-state index is -0.0670. The van der Waals surface area contributed by atoms with Crippen molar-refractivity contribution in [3.63, 3.8) is 0 Å². The van der Waals surface area contributed by atoms with Gasteiger partial charge >= 0.3 is 0 Å². The molecule has 7 nitrogen and oxygen atoms in total. The smallest absolute Gasteiger partial charge is 0.253 e. The van der Waals surface area contributed by atoms with E-state index in [4.69, 9.17) is 0 Å². The highest BCUT2D eigenvalue weighted by Gasteiger charge is 2.25. The second-order valence-corrected chi connectivity index (χ2v) is 6.03. The number of aromatic nitrogens is 3. The molecule has 0 saturated carbocycles. The Labute approximate surface area is 140 Å². The van der Waals surface area contributed by atoms with Crippen molar-refractivity contribution in [2.75, 3.05) is 13.1 Å². The van der Waals surface area contributed by atoms with Crippen LogP contribution in [-0.2, 0) is 11.3 Å². The first-order valence-corrected chi connectivity index (χ1v) is 8.10. The summed E-state index contributed by atoms with van der Waals surface area (Å²) in [6.07, 6.45) is 5.18. The number of amides is 2. The fourth-order valence-corrected chi connectivity index (χ4v) is 2.94. The predicted octanol–water partition coefficient (Wildman–Crippen LogP) is 1.39. The van der Waals surface area contributed by atoms with Crippen molar-refractivity contribution >= 4 is 11.8 Å². The lowest BCUT2D eigenvalue weighted by Crippen LogP contribution is -2.40. The second-order valence-electron chi connectivity index (χ2n) is 6.03. The van der Waals surface area contributed by atoms with Gasteiger partial charge in [0.2, 0.25) is 5.91 Å². The van der Waals surface area contributed by atoms with E-state index in [0.717, 1.165) is 24.9 Å². The monoisotopic (exact) mass is 327 g/mol. The average Bonchev–Trinajstić information content (AvgIpc) is 3.14. The first-order chi connectivity index (χ1) is 11.6. The zero-order chi connectivity index (χ0) is 16.9. The van der Waals surface area contributed by atoms with Gasteiger partial charge < -0.3 is 10.2 Å². The Morgan fingerprint density at radius 2 is 2.08 bits per heavy atom. The maximum absolute atomic E-state index is 12.7. The largest absolute Gasteiger partial charge is 0.352 e. The van der Waals surface area contributed by atoms with Crippen LogP contribution in [0.15, 0.2) is 36.9 Å². The number of hydrogen-bond donors (Lipinski definition) is 1. The van der Waals surface area contributed by atoms with Crippen LogP contribution in [0.3, 0.4) is 0 Å². The first-order valence-electron chi connectivity index (χ1n) is 8.10. The summed E-state index contributed by atoms with van der Waals surface area (Å²) in [5.74, 6) is -0.0338. The highest BCUT2D eigenvalue weighted by Crippen LogP contribution is 2.22. The van der Waals surface area contributed by atoms with Gasteiger partial charge in [-0.3, -0.25) is 9.59 Å². The molecule has 1 fully saturated rings. The standard InChI is InChI=1S/C17H21N5O2/c1-13(23)19-9-14-4-6-15(7-5-14)17(24)21-8-2-3-16(10-21)22-12-18-11-20-22/h4-7,11-12,16H,2-3,8-10H2,1H3,(H,19,23)/t16-/m1/s1. The summed E-state index contributed by atoms with van der Waals surface area (Å²) in [6, 6.07) is 7.57. The Kier molecular flexibility index (Phi) is 4.88. The van der Waals surface area contributed by atoms with Gasteiger partial charge in [-0.25, -0.2) is 9.67 Å². The van der Waals surface area contributed by atoms with E-state index in [-0.39, 0.29) is 17.9 Å². The number of carbonyl (C=O) groups excluding carboxylic acids is 2. The fourth-order valence-electron chi connectivity index (χ4n) is 2.94. The molecule has 1 aromatic carbocycles. The quantitative estimate of drug-likeness (QED) is 0.920. The van der Waals surface area contributed by atoms with Crippen molar-refractivity contribution in [1.82, 2.24) is 25.0 Å². The Hall–Kier alpha value is -2.70. The van der Waals surface area contributed by atoms with Gasteiger partial charge in [0, 0.05) is 32.1 Å². The van der Waals surface area contributed by atoms with Crippen LogP contribution in [0, 0.1) is 0 Å². The van der Waals surface area contributed by atoms with E-state index in [0.29, 0.717) is 18.7 Å². The molecule has 1 atom stereocenters. The third-order valence-corrected chi connectivity index (χ3v) is 4.24. The molecule has 1 saturated heterocycles. The number of piperidine rings is 1. The lowest BCUT2D eigenvalue weighted by molar-refractivity contribution is -0.119. The molecule has 0 unspecified atom stereocenters. The summed E-state index contributed by atoms with van der Waals surface area (Å²) in [4.78, 5) is 29.5. The topological polar surface area (TPSA) is 80.1 Å². The molecular weight excluding hydrogens is 306 g/mol. The number of carbonyl (C=O) groups is 2. The van der Waals surface area contributed by atoms with Gasteiger partial charge in [0.05, 0.1) is 6.04 Å². The molecule has 1 aliphatic heterocycles. The van der Waals surface area contributed by atoms with Gasteiger partial charge in [-0.1, -0.05) is 12.1 Å². The van der Waals surface area contributed by atoms with E-state index in [9.17, 15) is 9.59 Å². The van der Waals surface area contributed by atoms with E-state index in [1.54, 1.807) is 6.33 Å². The van der Waals surface area contributed by atoms with Crippen LogP contribution in [0.1, 0.15) is 41.7 Å². The molecule has 3 rings (SSSR count). The van der Waals surface area contributed by atoms with Gasteiger partial charge in [0.1, 0.15) is 12.7 Å². The van der Waals surface area contributed by atoms with Gasteiger partial charge in [0.15, 0.2) is 0 Å². The van der Waals surface area contributed by atoms with E-state index in [2.05, 4.69) is 15.4 Å². The number of likely N-dealkylation sites (tertiary alicyclic amines) is 1. The molecule has 0 radical (unpaired) electrons. The predicted molar refractivity (Wildman–Crippen MR) is 88.2 cm³/mol. The lowest BCUT2D eigenvalue weighted by atomic mass is 10.0. The van der Waals surface area contributed by atoms with Crippen molar-refractivity contribution in [3.8, 4) is 0 Å². The maximum Gasteiger partial charge on any atom is 0.253 e. The zero-order valence-corrected chi connectivity index (χ0v) is 13.7. The number of nitrogens with one attached hydrogen (secondary N) is 1. The minimum absolute atomic E-state index is 0.0332. The summed E-state index contributed by atoms with van der Waals surface area (Å²) in [7, 11) is 0. The molecule has 1 N–H and O–H groups in total. The Morgan fingerprint density at radius 1 is 1.29 bits per heavy atom. The second kappa shape index (κ2) is 7.25. The van der Waals surface area contributed by atoms with Crippen LogP contribution in [0.25, 0.3) is 0 Å². The summed E-state index contributed by atoms with van der Waals surface area (Å²) < 4.78 is 1.83. The van der Waals surface area contributed by atoms with Crippen LogP contribution in [0.2, 0.25) is 0 Å². The van der Waals surface area contributed by atoms with Gasteiger partial charge in [-0.05, 0) is 30.5 Å². The molecule has 24 heavy (non-hydrogen) atoms. The molecule has 0 spiro atoms. The molecule has 1 aliphatic rings. The van der Waals surface area contributed by atoms with Crippen molar-refractivity contribution in [2.45, 2.75) is 32.4 Å². The van der Waals surface area contributed by atoms with Crippen LogP contribution >= 0.6 is 0 Å². The molecule has 0 bridgehead atoms. The van der Waals surface area contributed by atoms with Crippen LogP contribution in [-0.4, -0.2) is 44.6 Å². The summed E-state index contributed by atoms with van der Waals surface area (Å²) in [5, 5.41) is 6.93. The number of benzene rings is 1. The number of nitrogens with zero attached hydrogens (tertiary/aromatic N) is 4. The van der Waals surface area contributed by atoms with Crippen LogP contribution < -0.4 is 5.32 Å². The van der Waals surface area contributed by atoms with Gasteiger partial charge in [-0.2, -0.15) is 5.10 Å². The molecule has 2 amide bonds. The summed E-state index contributed by atoms with van der Waals surface area (Å²) >= 11 is 0. The Morgan fingerprint density at radius 3 is 2.75 bits per heavy atom. The first kappa shape index (κ1) is 16.2. The van der Waals surface area contributed by atoms with Crippen molar-refractivity contribution in [2.24, 2.45) is 0 Å². The average molecular weight is 327 g/mol. The summed E-state index contributed by atoms with van der Waals surface area (Å²) in [5.41, 5.74) is 1.64. The van der Waals surface area contributed by atoms with Crippen molar-refractivity contribution in [1.29, 1.82) is 0 Å². The van der Waals surface area contributed by atoms with E-state index < -0.39 is 0 Å². The van der Waals surface area contributed by atoms with Crippen LogP contribution in [0.5, 0.6) is 0 Å². The minimum Gasteiger partial charge on any atom is -0.352 e. The van der Waals surface area contributed by atoms with E-state index >= 15 is 0 Å². The highest BCUT2D eigenvalue weighted by atomic mass is 16.2. The third kappa shape index (κ3) is 3.79. The lowest BCUT2D eigenvalue weighted by Gasteiger charge is -2.32. The molecule has 7 heteroatoms. The zero-order valence-electron chi connectivity index (χ0n) is 13.7. The number of rotatable bonds is 4. The normalized spacial score (nSPS) is 17.5. The molecular formula is C17H21N5O2. The van der Waals surface area contributed by atoms with Crippen molar-refractivity contribution in [3.05, 3.63) is 48.0 Å². The summed E-state index contributed by atoms with van der Waals surface area (Å²) in [6.45, 7) is 3.37. The van der Waals surface area contributed by atoms with Crippen molar-refractivity contribution < 1.29 is 9.59 Å².